The quantitative estimate of drug-likeness (QED) is 0.405. The summed E-state index contributed by atoms with van der Waals surface area (Å²) in [5, 5.41) is 3.18. The van der Waals surface area contributed by atoms with E-state index in [4.69, 9.17) is 0 Å². The van der Waals surface area contributed by atoms with Crippen molar-refractivity contribution < 1.29 is 17.9 Å². The first-order chi connectivity index (χ1) is 11.2. The second-order valence-corrected chi connectivity index (χ2v) is 6.29. The maximum atomic E-state index is 12.0. The van der Waals surface area contributed by atoms with Crippen LogP contribution in [0.15, 0.2) is 21.7 Å². The minimum Gasteiger partial charge on any atom is -0.372 e. The third-order valence-corrected chi connectivity index (χ3v) is 3.58. The van der Waals surface area contributed by atoms with Crippen LogP contribution in [0, 0.1) is 0 Å². The van der Waals surface area contributed by atoms with Crippen LogP contribution >= 0.6 is 15.9 Å². The molecule has 1 N–H and O–H groups in total. The molecule has 0 bridgehead atoms. The number of guanidine groups is 1. The highest BCUT2D eigenvalue weighted by molar-refractivity contribution is 9.10. The Morgan fingerprint density at radius 1 is 1.46 bits per heavy atom. The van der Waals surface area contributed by atoms with Crippen LogP contribution in [0.4, 0.5) is 13.2 Å². The standard InChI is InChI=1S/C15H24BrF3N4O/c1-4-20-14(21-6-5-7-24-11-15(17,18)19)23(3)10-13-8-12(16)9-22(13)2/h8-9H,4-7,10-11H2,1-3H3,(H,20,21). The summed E-state index contributed by atoms with van der Waals surface area (Å²) in [6.45, 7) is 2.58. The normalized spacial score (nSPS) is 12.5. The maximum Gasteiger partial charge on any atom is 0.411 e. The van der Waals surface area contributed by atoms with Crippen molar-refractivity contribution in [2.75, 3.05) is 33.4 Å². The molecular formula is C15H24BrF3N4O. The second kappa shape index (κ2) is 9.93. The van der Waals surface area contributed by atoms with E-state index in [1.165, 1.54) is 0 Å². The molecule has 0 radical (unpaired) electrons. The molecule has 5 nitrogen and oxygen atoms in total. The molecule has 1 rings (SSSR count). The Hall–Kier alpha value is -1.22. The number of nitrogens with one attached hydrogen (secondary N) is 1. The summed E-state index contributed by atoms with van der Waals surface area (Å²) < 4.78 is 43.5. The molecule has 1 heterocycles. The van der Waals surface area contributed by atoms with Gasteiger partial charge in [-0.3, -0.25) is 4.99 Å². The SMILES string of the molecule is CCNC(=NCCCOCC(F)(F)F)N(C)Cc1cc(Br)cn1C. The van der Waals surface area contributed by atoms with Crippen LogP contribution in [0.2, 0.25) is 0 Å². The van der Waals surface area contributed by atoms with Crippen molar-refractivity contribution in [3.8, 4) is 0 Å². The summed E-state index contributed by atoms with van der Waals surface area (Å²) in [5.41, 5.74) is 1.11. The van der Waals surface area contributed by atoms with Gasteiger partial charge in [0.15, 0.2) is 5.96 Å². The zero-order valence-corrected chi connectivity index (χ0v) is 15.7. The van der Waals surface area contributed by atoms with Gasteiger partial charge in [-0.05, 0) is 35.3 Å². The highest BCUT2D eigenvalue weighted by Crippen LogP contribution is 2.15. The lowest BCUT2D eigenvalue weighted by Gasteiger charge is -2.22. The van der Waals surface area contributed by atoms with E-state index in [9.17, 15) is 13.2 Å². The highest BCUT2D eigenvalue weighted by atomic mass is 79.9. The molecule has 0 aliphatic heterocycles. The number of alkyl halides is 3. The molecule has 0 aliphatic carbocycles. The maximum absolute atomic E-state index is 12.0. The van der Waals surface area contributed by atoms with Crippen molar-refractivity contribution in [1.29, 1.82) is 0 Å². The number of rotatable bonds is 8. The van der Waals surface area contributed by atoms with Gasteiger partial charge in [-0.25, -0.2) is 0 Å². The monoisotopic (exact) mass is 412 g/mol. The van der Waals surface area contributed by atoms with Crippen LogP contribution in [-0.2, 0) is 18.3 Å². The van der Waals surface area contributed by atoms with Gasteiger partial charge in [-0.15, -0.1) is 0 Å². The van der Waals surface area contributed by atoms with Gasteiger partial charge in [0.25, 0.3) is 0 Å². The van der Waals surface area contributed by atoms with Crippen LogP contribution in [-0.4, -0.2) is 55.0 Å². The molecule has 0 atom stereocenters. The van der Waals surface area contributed by atoms with Crippen LogP contribution in [0.1, 0.15) is 19.0 Å². The van der Waals surface area contributed by atoms with Gasteiger partial charge >= 0.3 is 6.18 Å². The zero-order valence-electron chi connectivity index (χ0n) is 14.2. The molecule has 0 unspecified atom stereocenters. The molecule has 24 heavy (non-hydrogen) atoms. The topological polar surface area (TPSA) is 41.8 Å². The van der Waals surface area contributed by atoms with E-state index in [2.05, 4.69) is 31.0 Å². The number of hydrogen-bond acceptors (Lipinski definition) is 2. The molecule has 0 saturated heterocycles. The van der Waals surface area contributed by atoms with E-state index < -0.39 is 12.8 Å². The summed E-state index contributed by atoms with van der Waals surface area (Å²) in [6.07, 6.45) is -1.86. The fourth-order valence-electron chi connectivity index (χ4n) is 2.05. The first-order valence-electron chi connectivity index (χ1n) is 7.67. The van der Waals surface area contributed by atoms with E-state index in [0.717, 1.165) is 10.2 Å². The van der Waals surface area contributed by atoms with Gasteiger partial charge in [-0.2, -0.15) is 13.2 Å². The molecule has 0 amide bonds. The summed E-state index contributed by atoms with van der Waals surface area (Å²) in [7, 11) is 3.89. The van der Waals surface area contributed by atoms with E-state index in [1.54, 1.807) is 0 Å². The number of aromatic nitrogens is 1. The number of hydrogen-bond donors (Lipinski definition) is 1. The predicted molar refractivity (Wildman–Crippen MR) is 92.0 cm³/mol. The minimum absolute atomic E-state index is 0.0386. The van der Waals surface area contributed by atoms with Gasteiger partial charge in [-0.1, -0.05) is 0 Å². The number of ether oxygens (including phenoxy) is 1. The Kier molecular flexibility index (Phi) is 8.61. The summed E-state index contributed by atoms with van der Waals surface area (Å²) in [5.74, 6) is 0.714. The van der Waals surface area contributed by atoms with Crippen molar-refractivity contribution in [1.82, 2.24) is 14.8 Å². The van der Waals surface area contributed by atoms with Crippen LogP contribution in [0.25, 0.3) is 0 Å². The van der Waals surface area contributed by atoms with Crippen molar-refractivity contribution in [2.24, 2.45) is 12.0 Å². The van der Waals surface area contributed by atoms with E-state index in [-0.39, 0.29) is 6.61 Å². The molecular weight excluding hydrogens is 389 g/mol. The van der Waals surface area contributed by atoms with Gasteiger partial charge in [0.1, 0.15) is 6.61 Å². The molecule has 1 aromatic heterocycles. The lowest BCUT2D eigenvalue weighted by molar-refractivity contribution is -0.173. The van der Waals surface area contributed by atoms with Crippen molar-refractivity contribution in [2.45, 2.75) is 26.1 Å². The molecule has 0 saturated carbocycles. The molecule has 0 fully saturated rings. The molecule has 9 heteroatoms. The Morgan fingerprint density at radius 3 is 2.71 bits per heavy atom. The Balaban J connectivity index is 2.47. The smallest absolute Gasteiger partial charge is 0.372 e. The zero-order chi connectivity index (χ0) is 18.2. The predicted octanol–water partition coefficient (Wildman–Crippen LogP) is 3.15. The van der Waals surface area contributed by atoms with Gasteiger partial charge in [0.2, 0.25) is 0 Å². The average molecular weight is 413 g/mol. The number of aliphatic imine (C=N–C) groups is 1. The van der Waals surface area contributed by atoms with Crippen molar-refractivity contribution in [3.05, 3.63) is 22.4 Å². The highest BCUT2D eigenvalue weighted by Gasteiger charge is 2.27. The number of nitrogens with zero attached hydrogens (tertiary/aromatic N) is 3. The first-order valence-corrected chi connectivity index (χ1v) is 8.47. The summed E-state index contributed by atoms with van der Waals surface area (Å²) >= 11 is 3.44. The first kappa shape index (κ1) is 20.8. The summed E-state index contributed by atoms with van der Waals surface area (Å²) in [4.78, 5) is 6.40. The largest absolute Gasteiger partial charge is 0.411 e. The number of aryl methyl sites for hydroxylation is 1. The van der Waals surface area contributed by atoms with E-state index >= 15 is 0 Å². The fraction of sp³-hybridized carbons (Fsp3) is 0.667. The lowest BCUT2D eigenvalue weighted by Crippen LogP contribution is -2.39. The Bertz CT molecular complexity index is 531. The second-order valence-electron chi connectivity index (χ2n) is 5.37. The molecule has 1 aromatic rings. The van der Waals surface area contributed by atoms with Crippen LogP contribution < -0.4 is 5.32 Å². The number of halogens is 4. The molecule has 138 valence electrons. The average Bonchev–Trinajstić information content (AvgIpc) is 2.78. The summed E-state index contributed by atoms with van der Waals surface area (Å²) in [6, 6.07) is 2.03. The van der Waals surface area contributed by atoms with Crippen LogP contribution in [0.3, 0.4) is 0 Å². The Morgan fingerprint density at radius 2 is 2.17 bits per heavy atom. The third-order valence-electron chi connectivity index (χ3n) is 3.14. The fourth-order valence-corrected chi connectivity index (χ4v) is 2.62. The minimum atomic E-state index is -4.28. The van der Waals surface area contributed by atoms with Gasteiger partial charge < -0.3 is 19.5 Å². The third kappa shape index (κ3) is 8.05. The van der Waals surface area contributed by atoms with Crippen LogP contribution in [0.5, 0.6) is 0 Å². The molecule has 0 aliphatic rings. The van der Waals surface area contributed by atoms with Crippen molar-refractivity contribution in [3.63, 3.8) is 0 Å². The van der Waals surface area contributed by atoms with Gasteiger partial charge in [0.05, 0.1) is 6.54 Å². The van der Waals surface area contributed by atoms with E-state index in [1.807, 2.05) is 42.7 Å². The van der Waals surface area contributed by atoms with E-state index in [0.29, 0.717) is 32.0 Å². The van der Waals surface area contributed by atoms with Crippen molar-refractivity contribution >= 4 is 21.9 Å². The lowest BCUT2D eigenvalue weighted by atomic mass is 10.4. The van der Waals surface area contributed by atoms with Gasteiger partial charge in [0, 0.05) is 50.2 Å². The molecule has 0 aromatic carbocycles. The Labute approximate surface area is 149 Å². The molecule has 0 spiro atoms.